The number of nitrogens with zero attached hydrogens (tertiary/aromatic N) is 1. The monoisotopic (exact) mass is 421 g/mol. The molecule has 3 aromatic carbocycles. The van der Waals surface area contributed by atoms with Crippen LogP contribution in [0.25, 0.3) is 22.2 Å². The van der Waals surface area contributed by atoms with E-state index in [1.165, 1.54) is 0 Å². The zero-order valence-corrected chi connectivity index (χ0v) is 17.5. The van der Waals surface area contributed by atoms with Crippen LogP contribution in [0.15, 0.2) is 91.5 Å². The molecule has 1 aliphatic rings. The van der Waals surface area contributed by atoms with Crippen LogP contribution >= 0.6 is 0 Å². The Morgan fingerprint density at radius 3 is 2.53 bits per heavy atom. The maximum absolute atomic E-state index is 13.4. The van der Waals surface area contributed by atoms with Crippen LogP contribution in [0.4, 0.5) is 0 Å². The predicted molar refractivity (Wildman–Crippen MR) is 126 cm³/mol. The molecule has 1 aromatic heterocycles. The summed E-state index contributed by atoms with van der Waals surface area (Å²) in [5.74, 6) is -0.346. The first-order chi connectivity index (χ1) is 15.7. The zero-order valence-electron chi connectivity index (χ0n) is 17.5. The van der Waals surface area contributed by atoms with Gasteiger partial charge >= 0.3 is 0 Å². The summed E-state index contributed by atoms with van der Waals surface area (Å²) in [7, 11) is 0. The fraction of sp³-hybridized carbons (Fsp3) is 0.111. The first-order valence-electron chi connectivity index (χ1n) is 10.6. The van der Waals surface area contributed by atoms with E-state index in [0.29, 0.717) is 12.1 Å². The first kappa shape index (κ1) is 19.8. The number of benzene rings is 3. The van der Waals surface area contributed by atoms with E-state index in [2.05, 4.69) is 35.1 Å². The largest absolute Gasteiger partial charge is 0.354 e. The summed E-state index contributed by atoms with van der Waals surface area (Å²) in [6, 6.07) is 25.4. The van der Waals surface area contributed by atoms with E-state index in [0.717, 1.165) is 33.3 Å². The SMILES string of the molecule is C=CCNC(=O)CN1C(=O)c2ccccc2[C@@H]1c1c(-c2ccccc2)[nH]c2ccccc12. The van der Waals surface area contributed by atoms with Crippen molar-refractivity contribution in [2.45, 2.75) is 6.04 Å². The number of aromatic amines is 1. The smallest absolute Gasteiger partial charge is 0.255 e. The Kier molecular flexibility index (Phi) is 5.07. The number of carbonyl (C=O) groups is 2. The number of hydrogen-bond acceptors (Lipinski definition) is 2. The van der Waals surface area contributed by atoms with Gasteiger partial charge in [0.05, 0.1) is 11.7 Å². The molecule has 4 aromatic rings. The average molecular weight is 422 g/mol. The van der Waals surface area contributed by atoms with E-state index in [1.807, 2.05) is 60.7 Å². The van der Waals surface area contributed by atoms with Gasteiger partial charge < -0.3 is 15.2 Å². The molecule has 0 fully saturated rings. The fourth-order valence-corrected chi connectivity index (χ4v) is 4.52. The van der Waals surface area contributed by atoms with Gasteiger partial charge in [-0.05, 0) is 23.3 Å². The number of carbonyl (C=O) groups excluding carboxylic acids is 2. The third-order valence-corrected chi connectivity index (χ3v) is 5.90. The molecule has 0 aliphatic carbocycles. The molecule has 0 radical (unpaired) electrons. The van der Waals surface area contributed by atoms with Gasteiger partial charge in [0.2, 0.25) is 5.91 Å². The van der Waals surface area contributed by atoms with Gasteiger partial charge in [0, 0.05) is 28.6 Å². The van der Waals surface area contributed by atoms with E-state index in [-0.39, 0.29) is 24.4 Å². The van der Waals surface area contributed by atoms with Gasteiger partial charge in [-0.3, -0.25) is 9.59 Å². The zero-order chi connectivity index (χ0) is 22.1. The molecule has 2 heterocycles. The predicted octanol–water partition coefficient (Wildman–Crippen LogP) is 4.68. The molecule has 32 heavy (non-hydrogen) atoms. The molecule has 0 spiro atoms. The molecule has 5 rings (SSSR count). The molecule has 0 bridgehead atoms. The highest BCUT2D eigenvalue weighted by atomic mass is 16.2. The van der Waals surface area contributed by atoms with Crippen molar-refractivity contribution in [2.75, 3.05) is 13.1 Å². The minimum absolute atomic E-state index is 0.0280. The molecule has 2 amide bonds. The second-order valence-corrected chi connectivity index (χ2v) is 7.84. The molecular formula is C27H23N3O2. The van der Waals surface area contributed by atoms with E-state index >= 15 is 0 Å². The summed E-state index contributed by atoms with van der Waals surface area (Å²) in [4.78, 5) is 31.3. The quantitative estimate of drug-likeness (QED) is 0.444. The number of nitrogens with one attached hydrogen (secondary N) is 2. The lowest BCUT2D eigenvalue weighted by molar-refractivity contribution is -0.121. The van der Waals surface area contributed by atoms with Gasteiger partial charge in [-0.25, -0.2) is 0 Å². The fourth-order valence-electron chi connectivity index (χ4n) is 4.52. The third-order valence-electron chi connectivity index (χ3n) is 5.90. The van der Waals surface area contributed by atoms with Gasteiger partial charge in [0.25, 0.3) is 5.91 Å². The highest BCUT2D eigenvalue weighted by Crippen LogP contribution is 2.45. The van der Waals surface area contributed by atoms with Crippen molar-refractivity contribution in [3.05, 3.63) is 108 Å². The molecule has 2 N–H and O–H groups in total. The van der Waals surface area contributed by atoms with Crippen LogP contribution in [-0.4, -0.2) is 34.8 Å². The maximum Gasteiger partial charge on any atom is 0.255 e. The van der Waals surface area contributed by atoms with Crippen molar-refractivity contribution in [1.82, 2.24) is 15.2 Å². The lowest BCUT2D eigenvalue weighted by Gasteiger charge is -2.26. The Morgan fingerprint density at radius 1 is 1.00 bits per heavy atom. The van der Waals surface area contributed by atoms with Gasteiger partial charge in [-0.1, -0.05) is 72.8 Å². The Hall–Kier alpha value is -4.12. The topological polar surface area (TPSA) is 65.2 Å². The van der Waals surface area contributed by atoms with Crippen molar-refractivity contribution >= 4 is 22.7 Å². The van der Waals surface area contributed by atoms with Crippen LogP contribution in [0.3, 0.4) is 0 Å². The van der Waals surface area contributed by atoms with E-state index in [1.54, 1.807) is 11.0 Å². The Balaban J connectivity index is 1.71. The van der Waals surface area contributed by atoms with Gasteiger partial charge in [0.15, 0.2) is 0 Å². The lowest BCUT2D eigenvalue weighted by Crippen LogP contribution is -2.39. The lowest BCUT2D eigenvalue weighted by atomic mass is 9.93. The number of amides is 2. The first-order valence-corrected chi connectivity index (χ1v) is 10.6. The van der Waals surface area contributed by atoms with E-state index < -0.39 is 0 Å². The Morgan fingerprint density at radius 2 is 1.72 bits per heavy atom. The molecule has 1 aliphatic heterocycles. The number of aromatic nitrogens is 1. The number of H-pyrrole nitrogens is 1. The highest BCUT2D eigenvalue weighted by molar-refractivity contribution is 6.03. The molecule has 0 saturated carbocycles. The van der Waals surface area contributed by atoms with Crippen LogP contribution in [0, 0.1) is 0 Å². The van der Waals surface area contributed by atoms with Crippen molar-refractivity contribution in [3.63, 3.8) is 0 Å². The number of hydrogen-bond donors (Lipinski definition) is 2. The molecule has 1 atom stereocenters. The van der Waals surface area contributed by atoms with Crippen LogP contribution in [0.1, 0.15) is 27.5 Å². The summed E-state index contributed by atoms with van der Waals surface area (Å²) in [5, 5.41) is 3.84. The van der Waals surface area contributed by atoms with Gasteiger partial charge in [0.1, 0.15) is 6.54 Å². The third kappa shape index (κ3) is 3.28. The molecule has 5 nitrogen and oxygen atoms in total. The second kappa shape index (κ2) is 8.19. The Bertz CT molecular complexity index is 1320. The summed E-state index contributed by atoms with van der Waals surface area (Å²) < 4.78 is 0. The van der Waals surface area contributed by atoms with Crippen molar-refractivity contribution < 1.29 is 9.59 Å². The molecule has 0 saturated heterocycles. The average Bonchev–Trinajstić information content (AvgIpc) is 3.34. The molecular weight excluding hydrogens is 398 g/mol. The minimum atomic E-state index is -0.375. The summed E-state index contributed by atoms with van der Waals surface area (Å²) >= 11 is 0. The summed E-state index contributed by atoms with van der Waals surface area (Å²) in [5.41, 5.74) is 5.54. The molecule has 158 valence electrons. The second-order valence-electron chi connectivity index (χ2n) is 7.84. The van der Waals surface area contributed by atoms with Crippen LogP contribution in [0.2, 0.25) is 0 Å². The number of rotatable bonds is 6. The summed E-state index contributed by atoms with van der Waals surface area (Å²) in [6.07, 6.45) is 1.63. The number of fused-ring (bicyclic) bond motifs is 2. The van der Waals surface area contributed by atoms with Crippen molar-refractivity contribution in [3.8, 4) is 11.3 Å². The van der Waals surface area contributed by atoms with Crippen LogP contribution in [-0.2, 0) is 4.79 Å². The van der Waals surface area contributed by atoms with Crippen molar-refractivity contribution in [1.29, 1.82) is 0 Å². The van der Waals surface area contributed by atoms with Crippen LogP contribution in [0.5, 0.6) is 0 Å². The van der Waals surface area contributed by atoms with E-state index in [4.69, 9.17) is 0 Å². The van der Waals surface area contributed by atoms with Crippen LogP contribution < -0.4 is 5.32 Å². The van der Waals surface area contributed by atoms with Crippen molar-refractivity contribution in [2.24, 2.45) is 0 Å². The van der Waals surface area contributed by atoms with Gasteiger partial charge in [-0.2, -0.15) is 0 Å². The minimum Gasteiger partial charge on any atom is -0.354 e. The molecule has 0 unspecified atom stereocenters. The maximum atomic E-state index is 13.4. The van der Waals surface area contributed by atoms with Gasteiger partial charge in [-0.15, -0.1) is 6.58 Å². The number of para-hydroxylation sites is 1. The standard InChI is InChI=1S/C27H23N3O2/c1-2-16-28-23(31)17-30-26(19-12-6-7-13-20(19)27(30)32)24-21-14-8-9-15-22(21)29-25(24)18-10-4-3-5-11-18/h2-15,26,29H,1,16-17H2,(H,28,31)/t26-/m1/s1. The normalized spacial score (nSPS) is 15.1. The highest BCUT2D eigenvalue weighted by Gasteiger charge is 2.40. The van der Waals surface area contributed by atoms with E-state index in [9.17, 15) is 9.59 Å². The molecule has 5 heteroatoms. The summed E-state index contributed by atoms with van der Waals surface area (Å²) in [6.45, 7) is 3.98. The Labute approximate surface area is 186 Å².